The predicted molar refractivity (Wildman–Crippen MR) is 91.5 cm³/mol. The number of benzene rings is 1. The van der Waals surface area contributed by atoms with Gasteiger partial charge in [-0.15, -0.1) is 6.58 Å². The zero-order valence-electron chi connectivity index (χ0n) is 14.1. The molecule has 116 valence electrons. The zero-order valence-corrected chi connectivity index (χ0v) is 15.1. The van der Waals surface area contributed by atoms with E-state index >= 15 is 0 Å². The molecule has 0 aromatic heterocycles. The number of nitrogens with zero attached hydrogens (tertiary/aromatic N) is 2. The number of hydrogen-bond donors (Lipinski definition) is 0. The first-order valence-corrected chi connectivity index (χ1v) is 10.3. The van der Waals surface area contributed by atoms with Crippen molar-refractivity contribution in [1.29, 1.82) is 10.5 Å². The van der Waals surface area contributed by atoms with Gasteiger partial charge in [0, 0.05) is 6.42 Å². The monoisotopic (exact) mass is 312 g/mol. The second-order valence-electron chi connectivity index (χ2n) is 6.99. The molecule has 0 saturated carbocycles. The largest absolute Gasteiger partial charge is 0.395 e. The van der Waals surface area contributed by atoms with Crippen molar-refractivity contribution < 1.29 is 4.43 Å². The Morgan fingerprint density at radius 2 is 1.91 bits per heavy atom. The van der Waals surface area contributed by atoms with E-state index < -0.39 is 13.9 Å². The van der Waals surface area contributed by atoms with E-state index in [1.807, 2.05) is 6.07 Å². The van der Waals surface area contributed by atoms with Gasteiger partial charge in [-0.25, -0.2) is 0 Å². The van der Waals surface area contributed by atoms with E-state index in [0.717, 1.165) is 5.56 Å². The van der Waals surface area contributed by atoms with E-state index in [0.29, 0.717) is 12.0 Å². The van der Waals surface area contributed by atoms with Gasteiger partial charge in [0.1, 0.15) is 6.07 Å². The standard InChI is InChI=1S/C18H24N2OSi/c1-7-11-18(14-20,21-22(5,6)17(2,3)4)16-10-8-9-15(12-16)13-19/h7-10,12H,1,11H2,2-6H3. The molecule has 0 N–H and O–H groups in total. The van der Waals surface area contributed by atoms with E-state index in [1.165, 1.54) is 0 Å². The SMILES string of the molecule is C=CCC(C#N)(O[Si](C)(C)C(C)(C)C)c1cccc(C#N)c1. The maximum atomic E-state index is 9.87. The minimum Gasteiger partial charge on any atom is -0.395 e. The van der Waals surface area contributed by atoms with Gasteiger partial charge in [0.2, 0.25) is 0 Å². The fourth-order valence-corrected chi connectivity index (χ4v) is 3.41. The molecule has 1 rings (SSSR count). The van der Waals surface area contributed by atoms with Gasteiger partial charge < -0.3 is 4.43 Å². The highest BCUT2D eigenvalue weighted by atomic mass is 28.4. The van der Waals surface area contributed by atoms with Crippen molar-refractivity contribution in [3.63, 3.8) is 0 Å². The first kappa shape index (κ1) is 18.2. The lowest BCUT2D eigenvalue weighted by molar-refractivity contribution is 0.112. The normalized spacial score (nSPS) is 14.5. The van der Waals surface area contributed by atoms with Crippen LogP contribution in [0, 0.1) is 22.7 Å². The Morgan fingerprint density at radius 1 is 1.27 bits per heavy atom. The van der Waals surface area contributed by atoms with Crippen LogP contribution in [0.15, 0.2) is 36.9 Å². The third-order valence-electron chi connectivity index (χ3n) is 4.31. The molecule has 0 fully saturated rings. The van der Waals surface area contributed by atoms with Crippen LogP contribution in [0.5, 0.6) is 0 Å². The smallest absolute Gasteiger partial charge is 0.194 e. The topological polar surface area (TPSA) is 56.8 Å². The first-order valence-electron chi connectivity index (χ1n) is 7.35. The molecular weight excluding hydrogens is 288 g/mol. The van der Waals surface area contributed by atoms with Crippen LogP contribution < -0.4 is 0 Å². The highest BCUT2D eigenvalue weighted by Crippen LogP contribution is 2.43. The molecule has 0 radical (unpaired) electrons. The van der Waals surface area contributed by atoms with E-state index in [9.17, 15) is 5.26 Å². The molecule has 0 heterocycles. The van der Waals surface area contributed by atoms with Crippen LogP contribution in [-0.4, -0.2) is 8.32 Å². The summed E-state index contributed by atoms with van der Waals surface area (Å²) in [7, 11) is -2.16. The van der Waals surface area contributed by atoms with Crippen molar-refractivity contribution in [1.82, 2.24) is 0 Å². The molecule has 1 aromatic rings. The molecule has 4 heteroatoms. The van der Waals surface area contributed by atoms with Gasteiger partial charge in [-0.1, -0.05) is 39.0 Å². The molecule has 0 aliphatic carbocycles. The number of rotatable bonds is 5. The molecule has 0 amide bonds. The maximum Gasteiger partial charge on any atom is 0.194 e. The molecular formula is C18H24N2OSi. The summed E-state index contributed by atoms with van der Waals surface area (Å²) in [5.41, 5.74) is 0.163. The van der Waals surface area contributed by atoms with Gasteiger partial charge in [0.05, 0.1) is 11.6 Å². The Hall–Kier alpha value is -1.88. The number of hydrogen-bond acceptors (Lipinski definition) is 3. The van der Waals surface area contributed by atoms with Crippen LogP contribution in [0.3, 0.4) is 0 Å². The summed E-state index contributed by atoms with van der Waals surface area (Å²) in [6, 6.07) is 11.6. The molecule has 0 spiro atoms. The quantitative estimate of drug-likeness (QED) is 0.575. The third kappa shape index (κ3) is 3.65. The van der Waals surface area contributed by atoms with Gasteiger partial charge in [-0.3, -0.25) is 0 Å². The molecule has 0 aliphatic heterocycles. The second kappa shape index (κ2) is 6.48. The fraction of sp³-hybridized carbons (Fsp3) is 0.444. The minimum absolute atomic E-state index is 0.0108. The summed E-state index contributed by atoms with van der Waals surface area (Å²) < 4.78 is 6.46. The lowest BCUT2D eigenvalue weighted by Gasteiger charge is -2.42. The van der Waals surface area contributed by atoms with Crippen molar-refractivity contribution in [2.45, 2.75) is 50.9 Å². The summed E-state index contributed by atoms with van der Waals surface area (Å²) in [6.45, 7) is 14.4. The number of nitriles is 2. The lowest BCUT2D eigenvalue weighted by atomic mass is 9.91. The van der Waals surface area contributed by atoms with Crippen LogP contribution in [0.4, 0.5) is 0 Å². The van der Waals surface area contributed by atoms with Gasteiger partial charge in [-0.05, 0) is 35.8 Å². The molecule has 1 atom stereocenters. The summed E-state index contributed by atoms with van der Waals surface area (Å²) in [4.78, 5) is 0. The zero-order chi connectivity index (χ0) is 17.0. The van der Waals surface area contributed by atoms with Crippen LogP contribution in [-0.2, 0) is 10.0 Å². The lowest BCUT2D eigenvalue weighted by Crippen LogP contribution is -2.48. The third-order valence-corrected chi connectivity index (χ3v) is 8.78. The molecule has 1 aromatic carbocycles. The average molecular weight is 312 g/mol. The van der Waals surface area contributed by atoms with Gasteiger partial charge in [0.25, 0.3) is 0 Å². The average Bonchev–Trinajstić information content (AvgIpc) is 2.45. The molecule has 3 nitrogen and oxygen atoms in total. The highest BCUT2D eigenvalue weighted by Gasteiger charge is 2.45. The predicted octanol–water partition coefficient (Wildman–Crippen LogP) is 4.88. The van der Waals surface area contributed by atoms with Crippen LogP contribution in [0.2, 0.25) is 18.1 Å². The van der Waals surface area contributed by atoms with Gasteiger partial charge >= 0.3 is 0 Å². The summed E-state index contributed by atoms with van der Waals surface area (Å²) in [6.07, 6.45) is 2.10. The van der Waals surface area contributed by atoms with E-state index in [4.69, 9.17) is 9.69 Å². The minimum atomic E-state index is -2.16. The van der Waals surface area contributed by atoms with E-state index in [2.05, 4.69) is 52.6 Å². The molecule has 0 saturated heterocycles. The van der Waals surface area contributed by atoms with Crippen molar-refractivity contribution in [2.24, 2.45) is 0 Å². The maximum absolute atomic E-state index is 9.87. The molecule has 0 aliphatic rings. The molecule has 1 unspecified atom stereocenters. The van der Waals surface area contributed by atoms with Crippen LogP contribution in [0.1, 0.15) is 38.3 Å². The Kier molecular flexibility index (Phi) is 5.35. The van der Waals surface area contributed by atoms with Gasteiger partial charge in [0.15, 0.2) is 13.9 Å². The first-order chi connectivity index (χ1) is 10.1. The summed E-state index contributed by atoms with van der Waals surface area (Å²) in [5, 5.41) is 19.0. The fourth-order valence-electron chi connectivity index (χ4n) is 1.98. The summed E-state index contributed by atoms with van der Waals surface area (Å²) in [5.74, 6) is 0. The van der Waals surface area contributed by atoms with Crippen molar-refractivity contribution >= 4 is 8.32 Å². The van der Waals surface area contributed by atoms with Crippen LogP contribution in [0.25, 0.3) is 0 Å². The molecule has 0 bridgehead atoms. The Bertz CT molecular complexity index is 632. The Labute approximate surface area is 135 Å². The second-order valence-corrected chi connectivity index (χ2v) is 11.7. The van der Waals surface area contributed by atoms with Crippen molar-refractivity contribution in [3.05, 3.63) is 48.0 Å². The Morgan fingerprint density at radius 3 is 2.36 bits per heavy atom. The van der Waals surface area contributed by atoms with E-state index in [1.54, 1.807) is 24.3 Å². The highest BCUT2D eigenvalue weighted by molar-refractivity contribution is 6.74. The summed E-state index contributed by atoms with van der Waals surface area (Å²) >= 11 is 0. The van der Waals surface area contributed by atoms with Crippen molar-refractivity contribution in [2.75, 3.05) is 0 Å². The van der Waals surface area contributed by atoms with E-state index in [-0.39, 0.29) is 5.04 Å². The molecule has 22 heavy (non-hydrogen) atoms. The van der Waals surface area contributed by atoms with Gasteiger partial charge in [-0.2, -0.15) is 10.5 Å². The van der Waals surface area contributed by atoms with Crippen molar-refractivity contribution in [3.8, 4) is 12.1 Å². The Balaban J connectivity index is 3.42. The van der Waals surface area contributed by atoms with Crippen LogP contribution >= 0.6 is 0 Å².